The fraction of sp³-hybridized carbons (Fsp3) is 0.360. The minimum Gasteiger partial charge on any atom is -0.494 e. The number of carbonyl (C=O) groups excluding carboxylic acids is 1. The molecular formula is C25H28N6O3. The van der Waals surface area contributed by atoms with Crippen LogP contribution in [0.15, 0.2) is 48.9 Å². The number of benzene rings is 1. The molecule has 3 heterocycles. The summed E-state index contributed by atoms with van der Waals surface area (Å²) in [6.45, 7) is 0.258. The van der Waals surface area contributed by atoms with Crippen molar-refractivity contribution in [2.45, 2.75) is 31.7 Å². The number of ether oxygens (including phenoxy) is 1. The van der Waals surface area contributed by atoms with Crippen LogP contribution in [0, 0.1) is 5.92 Å². The summed E-state index contributed by atoms with van der Waals surface area (Å²) in [6, 6.07) is 9.39. The standard InChI is InChI=1S/C25H28N6O3/c1-30-13-18(12-26-30)20-4-3-5-21(27-20)25(33)28-23-10-17-14-31(29-22(17)11-24(23)34-2)19-8-6-16(15-32)7-9-19/h3-5,10-14,16,19,32H,6-9,15H2,1-2H3,(H,28,33). The SMILES string of the molecule is COc1cc2nn(C3CCC(CO)CC3)cc2cc1NC(=O)c1cccc(-c2cnn(C)c2)n1. The molecule has 1 aliphatic carbocycles. The first-order valence-corrected chi connectivity index (χ1v) is 11.5. The lowest BCUT2D eigenvalue weighted by Crippen LogP contribution is -2.20. The Balaban J connectivity index is 1.38. The molecule has 9 heteroatoms. The maximum absolute atomic E-state index is 13.0. The van der Waals surface area contributed by atoms with Crippen molar-refractivity contribution in [1.82, 2.24) is 24.5 Å². The summed E-state index contributed by atoms with van der Waals surface area (Å²) in [5.41, 5.74) is 3.21. The zero-order valence-electron chi connectivity index (χ0n) is 19.3. The van der Waals surface area contributed by atoms with Crippen molar-refractivity contribution in [2.75, 3.05) is 19.0 Å². The predicted molar refractivity (Wildman–Crippen MR) is 129 cm³/mol. The normalized spacial score (nSPS) is 18.2. The van der Waals surface area contributed by atoms with E-state index in [2.05, 4.69) is 15.4 Å². The number of rotatable bonds is 6. The van der Waals surface area contributed by atoms with Gasteiger partial charge < -0.3 is 15.2 Å². The summed E-state index contributed by atoms with van der Waals surface area (Å²) in [6.07, 6.45) is 9.61. The van der Waals surface area contributed by atoms with Crippen LogP contribution in [-0.2, 0) is 7.05 Å². The van der Waals surface area contributed by atoms with Crippen LogP contribution in [0.3, 0.4) is 0 Å². The smallest absolute Gasteiger partial charge is 0.274 e. The van der Waals surface area contributed by atoms with E-state index in [1.807, 2.05) is 42.3 Å². The quantitative estimate of drug-likeness (QED) is 0.453. The highest BCUT2D eigenvalue weighted by Crippen LogP contribution is 2.35. The van der Waals surface area contributed by atoms with Crippen molar-refractivity contribution >= 4 is 22.5 Å². The van der Waals surface area contributed by atoms with E-state index >= 15 is 0 Å². The molecule has 1 aromatic carbocycles. The first-order chi connectivity index (χ1) is 16.5. The first kappa shape index (κ1) is 22.1. The summed E-state index contributed by atoms with van der Waals surface area (Å²) in [5.74, 6) is 0.616. The second-order valence-corrected chi connectivity index (χ2v) is 8.84. The van der Waals surface area contributed by atoms with Crippen LogP contribution in [0.25, 0.3) is 22.2 Å². The monoisotopic (exact) mass is 460 g/mol. The van der Waals surface area contributed by atoms with Crippen LogP contribution in [0.1, 0.15) is 42.2 Å². The zero-order valence-corrected chi connectivity index (χ0v) is 19.3. The summed E-state index contributed by atoms with van der Waals surface area (Å²) in [5, 5.41) is 22.2. The third-order valence-corrected chi connectivity index (χ3v) is 6.52. The molecule has 1 aliphatic rings. The molecule has 3 aromatic heterocycles. The molecule has 0 spiro atoms. The van der Waals surface area contributed by atoms with E-state index in [0.29, 0.717) is 34.8 Å². The number of hydrogen-bond donors (Lipinski definition) is 2. The molecular weight excluding hydrogens is 432 g/mol. The number of hydrogen-bond acceptors (Lipinski definition) is 6. The van der Waals surface area contributed by atoms with Crippen LogP contribution in [0.4, 0.5) is 5.69 Å². The van der Waals surface area contributed by atoms with Crippen molar-refractivity contribution in [2.24, 2.45) is 13.0 Å². The summed E-state index contributed by atoms with van der Waals surface area (Å²) < 4.78 is 9.26. The van der Waals surface area contributed by atoms with Gasteiger partial charge in [-0.3, -0.25) is 14.2 Å². The average Bonchev–Trinajstić information content (AvgIpc) is 3.49. The molecule has 0 atom stereocenters. The molecule has 4 aromatic rings. The molecule has 2 N–H and O–H groups in total. The molecule has 0 saturated heterocycles. The number of aromatic nitrogens is 5. The van der Waals surface area contributed by atoms with Gasteiger partial charge in [-0.15, -0.1) is 0 Å². The zero-order chi connectivity index (χ0) is 23.7. The lowest BCUT2D eigenvalue weighted by Gasteiger charge is -2.27. The molecule has 0 aliphatic heterocycles. The minimum absolute atomic E-state index is 0.258. The van der Waals surface area contributed by atoms with Crippen LogP contribution in [0.5, 0.6) is 5.75 Å². The van der Waals surface area contributed by atoms with Crippen molar-refractivity contribution < 1.29 is 14.6 Å². The van der Waals surface area contributed by atoms with E-state index in [-0.39, 0.29) is 12.5 Å². The number of carbonyl (C=O) groups is 1. The molecule has 0 unspecified atom stereocenters. The Morgan fingerprint density at radius 3 is 2.74 bits per heavy atom. The highest BCUT2D eigenvalue weighted by atomic mass is 16.5. The van der Waals surface area contributed by atoms with Gasteiger partial charge in [0.2, 0.25) is 0 Å². The fourth-order valence-electron chi connectivity index (χ4n) is 4.58. The Morgan fingerprint density at radius 1 is 1.21 bits per heavy atom. The van der Waals surface area contributed by atoms with E-state index in [9.17, 15) is 9.90 Å². The summed E-state index contributed by atoms with van der Waals surface area (Å²) >= 11 is 0. The van der Waals surface area contributed by atoms with Gasteiger partial charge in [0.25, 0.3) is 5.91 Å². The van der Waals surface area contributed by atoms with E-state index < -0.39 is 0 Å². The Labute approximate surface area is 197 Å². The van der Waals surface area contributed by atoms with E-state index in [4.69, 9.17) is 9.84 Å². The van der Waals surface area contributed by atoms with Crippen molar-refractivity contribution in [1.29, 1.82) is 0 Å². The van der Waals surface area contributed by atoms with Crippen LogP contribution in [-0.4, -0.2) is 49.3 Å². The number of methoxy groups -OCH3 is 1. The molecule has 9 nitrogen and oxygen atoms in total. The lowest BCUT2D eigenvalue weighted by atomic mass is 9.87. The summed E-state index contributed by atoms with van der Waals surface area (Å²) in [7, 11) is 3.41. The molecule has 0 radical (unpaired) electrons. The van der Waals surface area contributed by atoms with E-state index in [1.54, 1.807) is 30.1 Å². The van der Waals surface area contributed by atoms with Crippen molar-refractivity contribution in [3.63, 3.8) is 0 Å². The Morgan fingerprint density at radius 2 is 2.03 bits per heavy atom. The van der Waals surface area contributed by atoms with E-state index in [0.717, 1.165) is 42.1 Å². The summed E-state index contributed by atoms with van der Waals surface area (Å²) in [4.78, 5) is 17.5. The lowest BCUT2D eigenvalue weighted by molar-refractivity contribution is 0.102. The number of nitrogens with one attached hydrogen (secondary N) is 1. The van der Waals surface area contributed by atoms with Crippen LogP contribution >= 0.6 is 0 Å². The maximum Gasteiger partial charge on any atom is 0.274 e. The fourth-order valence-corrected chi connectivity index (χ4v) is 4.58. The number of anilines is 1. The molecule has 0 bridgehead atoms. The number of aliphatic hydroxyl groups is 1. The van der Waals surface area contributed by atoms with Crippen LogP contribution < -0.4 is 10.1 Å². The third kappa shape index (κ3) is 4.38. The van der Waals surface area contributed by atoms with Gasteiger partial charge in [0.1, 0.15) is 11.4 Å². The number of pyridine rings is 1. The first-order valence-electron chi connectivity index (χ1n) is 11.5. The highest BCUT2D eigenvalue weighted by Gasteiger charge is 2.23. The molecule has 176 valence electrons. The van der Waals surface area contributed by atoms with Gasteiger partial charge >= 0.3 is 0 Å². The maximum atomic E-state index is 13.0. The van der Waals surface area contributed by atoms with Crippen molar-refractivity contribution in [3.05, 3.63) is 54.6 Å². The van der Waals surface area contributed by atoms with E-state index in [1.165, 1.54) is 0 Å². The number of nitrogens with zero attached hydrogens (tertiary/aromatic N) is 5. The van der Waals surface area contributed by atoms with Crippen LogP contribution in [0.2, 0.25) is 0 Å². The largest absolute Gasteiger partial charge is 0.494 e. The van der Waals surface area contributed by atoms with Gasteiger partial charge in [-0.2, -0.15) is 10.2 Å². The van der Waals surface area contributed by atoms with Gasteiger partial charge in [-0.1, -0.05) is 6.07 Å². The number of amides is 1. The van der Waals surface area contributed by atoms with Crippen molar-refractivity contribution in [3.8, 4) is 17.0 Å². The average molecular weight is 461 g/mol. The number of aryl methyl sites for hydroxylation is 1. The minimum atomic E-state index is -0.321. The van der Waals surface area contributed by atoms with Gasteiger partial charge in [0.05, 0.1) is 36.2 Å². The molecule has 1 fully saturated rings. The van der Waals surface area contributed by atoms with Gasteiger partial charge in [-0.25, -0.2) is 4.98 Å². The Hall–Kier alpha value is -3.72. The molecule has 34 heavy (non-hydrogen) atoms. The highest BCUT2D eigenvalue weighted by molar-refractivity contribution is 6.05. The molecule has 5 rings (SSSR count). The number of fused-ring (bicyclic) bond motifs is 1. The van der Waals surface area contributed by atoms with Gasteiger partial charge in [0.15, 0.2) is 0 Å². The predicted octanol–water partition coefficient (Wildman–Crippen LogP) is 3.82. The second kappa shape index (κ2) is 9.26. The Bertz CT molecular complexity index is 1320. The van der Waals surface area contributed by atoms with Gasteiger partial charge in [0, 0.05) is 43.1 Å². The second-order valence-electron chi connectivity index (χ2n) is 8.84. The third-order valence-electron chi connectivity index (χ3n) is 6.52. The molecule has 1 saturated carbocycles. The Kier molecular flexibility index (Phi) is 6.02. The van der Waals surface area contributed by atoms with Gasteiger partial charge in [-0.05, 0) is 49.8 Å². The number of aliphatic hydroxyl groups excluding tert-OH is 1. The topological polar surface area (TPSA) is 107 Å². The molecule has 1 amide bonds.